The molecular formula is C21H20ClN3O2. The van der Waals surface area contributed by atoms with Crippen LogP contribution in [0.4, 0.5) is 0 Å². The molecule has 0 spiro atoms. The zero-order chi connectivity index (χ0) is 18.8. The fourth-order valence-corrected chi connectivity index (χ4v) is 3.71. The molecule has 0 radical (unpaired) electrons. The molecule has 2 heterocycles. The number of benzene rings is 1. The molecule has 0 atom stereocenters. The minimum absolute atomic E-state index is 0.214. The number of fused-ring (bicyclic) bond motifs is 2. The van der Waals surface area contributed by atoms with E-state index in [-0.39, 0.29) is 11.5 Å². The SMILES string of the molecule is O=C(NCCC1=CCCCC1)c1cccn2c(=O)c3ccc(Cl)cc3nc12. The van der Waals surface area contributed by atoms with Crippen LogP contribution < -0.4 is 10.9 Å². The molecular weight excluding hydrogens is 362 g/mol. The number of carbonyl (C=O) groups excluding carboxylic acids is 1. The lowest BCUT2D eigenvalue weighted by molar-refractivity contribution is 0.0955. The predicted molar refractivity (Wildman–Crippen MR) is 107 cm³/mol. The Hall–Kier alpha value is -2.66. The number of nitrogens with one attached hydrogen (secondary N) is 1. The van der Waals surface area contributed by atoms with Crippen molar-refractivity contribution in [1.29, 1.82) is 0 Å². The van der Waals surface area contributed by atoms with Gasteiger partial charge in [-0.1, -0.05) is 23.3 Å². The number of halogens is 1. The van der Waals surface area contributed by atoms with E-state index in [9.17, 15) is 9.59 Å². The van der Waals surface area contributed by atoms with E-state index >= 15 is 0 Å². The number of carbonyl (C=O) groups is 1. The molecule has 4 rings (SSSR count). The molecule has 0 unspecified atom stereocenters. The van der Waals surface area contributed by atoms with E-state index in [1.165, 1.54) is 22.8 Å². The lowest BCUT2D eigenvalue weighted by atomic mass is 9.97. The van der Waals surface area contributed by atoms with E-state index in [0.29, 0.717) is 33.7 Å². The quantitative estimate of drug-likeness (QED) is 0.546. The van der Waals surface area contributed by atoms with Crippen molar-refractivity contribution in [3.05, 3.63) is 69.1 Å². The standard InChI is InChI=1S/C21H20ClN3O2/c22-15-8-9-16-18(13-15)24-19-17(7-4-12-25(19)21(16)27)20(26)23-11-10-14-5-2-1-3-6-14/h4-5,7-9,12-13H,1-3,6,10-11H2,(H,23,26). The predicted octanol–water partition coefficient (Wildman–Crippen LogP) is 4.12. The van der Waals surface area contributed by atoms with E-state index in [4.69, 9.17) is 11.6 Å². The summed E-state index contributed by atoms with van der Waals surface area (Å²) in [5, 5.41) is 3.93. The summed E-state index contributed by atoms with van der Waals surface area (Å²) in [5.41, 5.74) is 2.41. The van der Waals surface area contributed by atoms with Crippen LogP contribution in [-0.2, 0) is 0 Å². The minimum Gasteiger partial charge on any atom is -0.352 e. The number of nitrogens with zero attached hydrogens (tertiary/aromatic N) is 2. The van der Waals surface area contributed by atoms with Gasteiger partial charge in [-0.25, -0.2) is 4.98 Å². The molecule has 0 aliphatic heterocycles. The molecule has 1 N–H and O–H groups in total. The molecule has 138 valence electrons. The van der Waals surface area contributed by atoms with Crippen molar-refractivity contribution in [2.24, 2.45) is 0 Å². The first kappa shape index (κ1) is 17.7. The van der Waals surface area contributed by atoms with E-state index in [0.717, 1.165) is 19.3 Å². The van der Waals surface area contributed by atoms with Crippen LogP contribution in [0.3, 0.4) is 0 Å². The smallest absolute Gasteiger partial charge is 0.265 e. The summed E-state index contributed by atoms with van der Waals surface area (Å²) in [6.07, 6.45) is 9.51. The van der Waals surface area contributed by atoms with Crippen LogP contribution in [0.2, 0.25) is 5.02 Å². The van der Waals surface area contributed by atoms with Gasteiger partial charge in [0.25, 0.3) is 11.5 Å². The summed E-state index contributed by atoms with van der Waals surface area (Å²) in [6, 6.07) is 8.34. The highest BCUT2D eigenvalue weighted by atomic mass is 35.5. The third-order valence-electron chi connectivity index (χ3n) is 4.96. The number of rotatable bonds is 4. The summed E-state index contributed by atoms with van der Waals surface area (Å²) >= 11 is 6.03. The van der Waals surface area contributed by atoms with Crippen LogP contribution in [-0.4, -0.2) is 21.8 Å². The topological polar surface area (TPSA) is 63.5 Å². The number of amides is 1. The van der Waals surface area contributed by atoms with E-state index in [2.05, 4.69) is 16.4 Å². The average Bonchev–Trinajstić information content (AvgIpc) is 2.68. The number of hydrogen-bond acceptors (Lipinski definition) is 3. The number of aromatic nitrogens is 2. The van der Waals surface area contributed by atoms with Gasteiger partial charge >= 0.3 is 0 Å². The normalized spacial score (nSPS) is 14.3. The van der Waals surface area contributed by atoms with Crippen molar-refractivity contribution in [2.75, 3.05) is 6.54 Å². The Morgan fingerprint density at radius 3 is 2.96 bits per heavy atom. The molecule has 0 saturated carbocycles. The summed E-state index contributed by atoms with van der Waals surface area (Å²) in [4.78, 5) is 30.0. The number of hydrogen-bond donors (Lipinski definition) is 1. The number of pyridine rings is 1. The molecule has 1 aromatic carbocycles. The van der Waals surface area contributed by atoms with Crippen LogP contribution in [0, 0.1) is 0 Å². The van der Waals surface area contributed by atoms with E-state index in [1.807, 2.05) is 0 Å². The van der Waals surface area contributed by atoms with Crippen LogP contribution in [0.25, 0.3) is 16.6 Å². The second kappa shape index (κ2) is 7.53. The molecule has 1 aliphatic rings. The van der Waals surface area contributed by atoms with Gasteiger partial charge in [-0.2, -0.15) is 0 Å². The van der Waals surface area contributed by atoms with E-state index in [1.54, 1.807) is 36.5 Å². The third-order valence-corrected chi connectivity index (χ3v) is 5.20. The van der Waals surface area contributed by atoms with Gasteiger partial charge in [0.05, 0.1) is 16.5 Å². The maximum absolute atomic E-state index is 12.7. The Bertz CT molecular complexity index is 1120. The van der Waals surface area contributed by atoms with E-state index < -0.39 is 0 Å². The Labute approximate surface area is 161 Å². The van der Waals surface area contributed by atoms with Gasteiger partial charge in [0, 0.05) is 17.8 Å². The molecule has 5 nitrogen and oxygen atoms in total. The summed E-state index contributed by atoms with van der Waals surface area (Å²) in [5.74, 6) is -0.224. The molecule has 6 heteroatoms. The van der Waals surface area contributed by atoms with Gasteiger partial charge in [-0.05, 0) is 62.4 Å². The fourth-order valence-electron chi connectivity index (χ4n) is 3.54. The maximum Gasteiger partial charge on any atom is 0.265 e. The Balaban J connectivity index is 1.64. The molecule has 0 bridgehead atoms. The molecule has 0 saturated heterocycles. The van der Waals surface area contributed by atoms with Gasteiger partial charge in [-0.15, -0.1) is 0 Å². The lowest BCUT2D eigenvalue weighted by Gasteiger charge is -2.13. The van der Waals surface area contributed by atoms with Crippen LogP contribution in [0.1, 0.15) is 42.5 Å². The van der Waals surface area contributed by atoms with Crippen molar-refractivity contribution in [3.63, 3.8) is 0 Å². The first-order chi connectivity index (χ1) is 13.1. The van der Waals surface area contributed by atoms with Gasteiger partial charge in [0.15, 0.2) is 5.65 Å². The largest absolute Gasteiger partial charge is 0.352 e. The van der Waals surface area contributed by atoms with Gasteiger partial charge in [-0.3, -0.25) is 14.0 Å². The minimum atomic E-state index is -0.224. The first-order valence-corrected chi connectivity index (χ1v) is 9.58. The Kier molecular flexibility index (Phi) is 4.94. The summed E-state index contributed by atoms with van der Waals surface area (Å²) in [6.45, 7) is 0.579. The Morgan fingerprint density at radius 1 is 1.26 bits per heavy atom. The highest BCUT2D eigenvalue weighted by Crippen LogP contribution is 2.20. The molecule has 27 heavy (non-hydrogen) atoms. The monoisotopic (exact) mass is 381 g/mol. The summed E-state index contributed by atoms with van der Waals surface area (Å²) in [7, 11) is 0. The van der Waals surface area contributed by atoms with Crippen LogP contribution in [0.5, 0.6) is 0 Å². The molecule has 2 aromatic heterocycles. The molecule has 1 amide bonds. The third kappa shape index (κ3) is 3.60. The maximum atomic E-state index is 12.7. The summed E-state index contributed by atoms with van der Waals surface area (Å²) < 4.78 is 1.41. The van der Waals surface area contributed by atoms with Crippen LogP contribution >= 0.6 is 11.6 Å². The molecule has 3 aromatic rings. The zero-order valence-corrected chi connectivity index (χ0v) is 15.6. The van der Waals surface area contributed by atoms with Crippen molar-refractivity contribution in [3.8, 4) is 0 Å². The Morgan fingerprint density at radius 2 is 2.15 bits per heavy atom. The van der Waals surface area contributed by atoms with Crippen molar-refractivity contribution in [2.45, 2.75) is 32.1 Å². The van der Waals surface area contributed by atoms with Gasteiger partial charge in [0.1, 0.15) is 0 Å². The van der Waals surface area contributed by atoms with Crippen molar-refractivity contribution in [1.82, 2.24) is 14.7 Å². The first-order valence-electron chi connectivity index (χ1n) is 9.20. The second-order valence-corrected chi connectivity index (χ2v) is 7.24. The van der Waals surface area contributed by atoms with Crippen molar-refractivity contribution < 1.29 is 4.79 Å². The average molecular weight is 382 g/mol. The fraction of sp³-hybridized carbons (Fsp3) is 0.286. The number of allylic oxidation sites excluding steroid dienone is 1. The lowest BCUT2D eigenvalue weighted by Crippen LogP contribution is -2.27. The highest BCUT2D eigenvalue weighted by molar-refractivity contribution is 6.31. The van der Waals surface area contributed by atoms with Crippen molar-refractivity contribution >= 4 is 34.1 Å². The van der Waals surface area contributed by atoms with Crippen LogP contribution in [0.15, 0.2) is 53.0 Å². The zero-order valence-electron chi connectivity index (χ0n) is 14.9. The van der Waals surface area contributed by atoms with Gasteiger partial charge in [0.2, 0.25) is 0 Å². The van der Waals surface area contributed by atoms with Gasteiger partial charge < -0.3 is 5.32 Å². The second-order valence-electron chi connectivity index (χ2n) is 6.81. The molecule has 0 fully saturated rings. The molecule has 1 aliphatic carbocycles. The highest BCUT2D eigenvalue weighted by Gasteiger charge is 2.14.